The van der Waals surface area contributed by atoms with Crippen LogP contribution in [0.2, 0.25) is 0 Å². The van der Waals surface area contributed by atoms with Crippen molar-refractivity contribution in [3.05, 3.63) is 45.3 Å². The number of aryl methyl sites for hydroxylation is 2. The van der Waals surface area contributed by atoms with Gasteiger partial charge < -0.3 is 16.2 Å². The van der Waals surface area contributed by atoms with E-state index >= 15 is 0 Å². The lowest BCUT2D eigenvalue weighted by molar-refractivity contribution is 0.0789. The average molecular weight is 422 g/mol. The molecule has 1 aromatic carbocycles. The number of rotatable bonds is 3. The van der Waals surface area contributed by atoms with E-state index in [0.29, 0.717) is 4.21 Å². The molecule has 1 atom stereocenters. The molecule has 0 saturated heterocycles. The van der Waals surface area contributed by atoms with Gasteiger partial charge in [-0.15, -0.1) is 11.3 Å². The Labute approximate surface area is 171 Å². The van der Waals surface area contributed by atoms with Crippen molar-refractivity contribution in [1.29, 1.82) is 0 Å². The molecular weight excluding hydrogens is 394 g/mol. The first-order valence-electron chi connectivity index (χ1n) is 9.37. The van der Waals surface area contributed by atoms with Gasteiger partial charge in [0.15, 0.2) is 0 Å². The minimum Gasteiger partial charge on any atom is -0.386 e. The number of aliphatic hydroxyl groups is 1. The number of urea groups is 1. The summed E-state index contributed by atoms with van der Waals surface area (Å²) in [5.74, 6) is 0. The van der Waals surface area contributed by atoms with Crippen molar-refractivity contribution in [1.82, 2.24) is 0 Å². The van der Waals surface area contributed by atoms with Gasteiger partial charge in [0.1, 0.15) is 15.2 Å². The highest BCUT2D eigenvalue weighted by atomic mass is 32.2. The number of hydrogen-bond donors (Lipinski definition) is 4. The molecule has 0 radical (unpaired) electrons. The summed E-state index contributed by atoms with van der Waals surface area (Å²) in [7, 11) is -1.44. The number of carbonyl (C=O) groups excluding carboxylic acids is 1. The molecule has 2 aliphatic rings. The van der Waals surface area contributed by atoms with Crippen molar-refractivity contribution in [2.24, 2.45) is 10.9 Å². The quantitative estimate of drug-likeness (QED) is 0.610. The van der Waals surface area contributed by atoms with E-state index in [-0.39, 0.29) is 0 Å². The number of benzene rings is 1. The molecule has 1 unspecified atom stereocenters. The van der Waals surface area contributed by atoms with Crippen molar-refractivity contribution in [2.45, 2.75) is 62.2 Å². The molecule has 28 heavy (non-hydrogen) atoms. The van der Waals surface area contributed by atoms with E-state index in [4.69, 9.17) is 10.9 Å². The molecule has 4 rings (SSSR count). The molecule has 1 aromatic heterocycles. The maximum absolute atomic E-state index is 11.1. The topological polar surface area (TPSA) is 118 Å². The minimum atomic E-state index is -1.44. The third-order valence-corrected chi connectivity index (χ3v) is 7.22. The number of thiophene rings is 1. The van der Waals surface area contributed by atoms with Gasteiger partial charge in [0.2, 0.25) is 0 Å². The summed E-state index contributed by atoms with van der Waals surface area (Å²) in [6.45, 7) is 3.36. The van der Waals surface area contributed by atoms with Crippen LogP contribution in [0.5, 0.6) is 0 Å². The van der Waals surface area contributed by atoms with Crippen molar-refractivity contribution in [2.75, 3.05) is 5.32 Å². The van der Waals surface area contributed by atoms with Crippen molar-refractivity contribution >= 4 is 34.0 Å². The number of primary amides is 1. The predicted octanol–water partition coefficient (Wildman–Crippen LogP) is 3.11. The summed E-state index contributed by atoms with van der Waals surface area (Å²) >= 11 is 1.30. The number of hydrogen-bond acceptors (Lipinski definition) is 4. The fraction of sp³-hybridized carbons (Fsp3) is 0.450. The molecule has 0 spiro atoms. The van der Waals surface area contributed by atoms with Crippen LogP contribution in [0, 0.1) is 0 Å². The van der Waals surface area contributed by atoms with Gasteiger partial charge in [-0.05, 0) is 91.6 Å². The molecule has 0 aliphatic heterocycles. The van der Waals surface area contributed by atoms with Gasteiger partial charge in [-0.1, -0.05) is 6.07 Å². The molecule has 152 valence electrons. The highest BCUT2D eigenvalue weighted by Crippen LogP contribution is 2.38. The maximum Gasteiger partial charge on any atom is 0.316 e. The van der Waals surface area contributed by atoms with Crippen molar-refractivity contribution in [3.8, 4) is 0 Å². The number of anilines is 1. The van der Waals surface area contributed by atoms with Gasteiger partial charge in [-0.3, -0.25) is 0 Å². The molecule has 0 saturated carbocycles. The Hall–Kier alpha value is -1.74. The SMILES string of the molecule is CC(C)(O)c1csc(S(N)=O)c1.NC(=O)Nc1c2c(cc3c1CCC3)CCC2. The van der Waals surface area contributed by atoms with Gasteiger partial charge in [0.05, 0.1) is 5.60 Å². The van der Waals surface area contributed by atoms with E-state index in [2.05, 4.69) is 11.4 Å². The second-order valence-corrected chi connectivity index (χ2v) is 9.94. The highest BCUT2D eigenvalue weighted by molar-refractivity contribution is 7.85. The lowest BCUT2D eigenvalue weighted by atomic mass is 9.99. The number of amides is 2. The molecule has 0 bridgehead atoms. The summed E-state index contributed by atoms with van der Waals surface area (Å²) in [6.07, 6.45) is 6.86. The summed E-state index contributed by atoms with van der Waals surface area (Å²) < 4.78 is 11.4. The van der Waals surface area contributed by atoms with E-state index < -0.39 is 22.6 Å². The van der Waals surface area contributed by atoms with Crippen LogP contribution >= 0.6 is 11.3 Å². The van der Waals surface area contributed by atoms with Crippen LogP contribution in [-0.2, 0) is 42.3 Å². The third kappa shape index (κ3) is 4.63. The summed E-state index contributed by atoms with van der Waals surface area (Å²) in [4.78, 5) is 11.1. The Balaban J connectivity index is 0.000000169. The first-order valence-corrected chi connectivity index (χ1v) is 11.5. The van der Waals surface area contributed by atoms with Crippen LogP contribution < -0.4 is 16.2 Å². The van der Waals surface area contributed by atoms with Crippen LogP contribution in [0.1, 0.15) is 54.5 Å². The molecule has 6 nitrogen and oxygen atoms in total. The summed E-state index contributed by atoms with van der Waals surface area (Å²) in [5, 5.41) is 19.3. The Bertz CT molecular complexity index is 884. The van der Waals surface area contributed by atoms with E-state index in [1.54, 1.807) is 25.3 Å². The normalized spacial score (nSPS) is 16.0. The molecule has 2 aliphatic carbocycles. The zero-order chi connectivity index (χ0) is 20.5. The van der Waals surface area contributed by atoms with Crippen LogP contribution in [-0.4, -0.2) is 15.3 Å². The fourth-order valence-electron chi connectivity index (χ4n) is 3.83. The van der Waals surface area contributed by atoms with E-state index in [1.807, 2.05) is 0 Å². The second kappa shape index (κ2) is 8.32. The maximum atomic E-state index is 11.1. The van der Waals surface area contributed by atoms with E-state index in [0.717, 1.165) is 36.9 Å². The van der Waals surface area contributed by atoms with Gasteiger partial charge >= 0.3 is 6.03 Å². The zero-order valence-electron chi connectivity index (χ0n) is 16.2. The second-order valence-electron chi connectivity index (χ2n) is 7.73. The Morgan fingerprint density at radius 2 is 1.71 bits per heavy atom. The van der Waals surface area contributed by atoms with Gasteiger partial charge in [-0.25, -0.2) is 14.1 Å². The van der Waals surface area contributed by atoms with Crippen LogP contribution in [0.15, 0.2) is 21.7 Å². The molecule has 1 heterocycles. The molecule has 6 N–H and O–H groups in total. The lowest BCUT2D eigenvalue weighted by Gasteiger charge is -2.14. The van der Waals surface area contributed by atoms with Gasteiger partial charge in [0, 0.05) is 5.69 Å². The summed E-state index contributed by atoms with van der Waals surface area (Å²) in [6, 6.07) is 3.58. The number of carbonyl (C=O) groups is 1. The first kappa shape index (κ1) is 21.0. The Morgan fingerprint density at radius 3 is 2.11 bits per heavy atom. The standard InChI is InChI=1S/C13H16N2O.C7H11NO2S2/c14-13(16)15-12-10-5-1-3-8(10)7-9-4-2-6-11(9)12;1-7(2,9)5-3-6(11-4-5)12(8)10/h7H,1-6H2,(H3,14,15,16);3-4,9H,8H2,1-2H3. The van der Waals surface area contributed by atoms with E-state index in [1.165, 1.54) is 46.4 Å². The Kier molecular flexibility index (Phi) is 6.24. The van der Waals surface area contributed by atoms with Gasteiger partial charge in [-0.2, -0.15) is 0 Å². The fourth-order valence-corrected chi connectivity index (χ4v) is 5.39. The predicted molar refractivity (Wildman–Crippen MR) is 114 cm³/mol. The molecular formula is C20H27N3O3S2. The molecule has 2 amide bonds. The van der Waals surface area contributed by atoms with Crippen molar-refractivity contribution < 1.29 is 14.1 Å². The van der Waals surface area contributed by atoms with Crippen molar-refractivity contribution in [3.63, 3.8) is 0 Å². The third-order valence-electron chi connectivity index (χ3n) is 5.20. The van der Waals surface area contributed by atoms with Crippen LogP contribution in [0.4, 0.5) is 10.5 Å². The van der Waals surface area contributed by atoms with Crippen LogP contribution in [0.25, 0.3) is 0 Å². The number of nitrogens with two attached hydrogens (primary N) is 2. The Morgan fingerprint density at radius 1 is 1.14 bits per heavy atom. The van der Waals surface area contributed by atoms with Gasteiger partial charge in [0.25, 0.3) is 0 Å². The van der Waals surface area contributed by atoms with E-state index in [9.17, 15) is 14.1 Å². The number of fused-ring (bicyclic) bond motifs is 2. The minimum absolute atomic E-state index is 0.436. The smallest absolute Gasteiger partial charge is 0.316 e. The number of nitrogens with one attached hydrogen (secondary N) is 1. The average Bonchev–Trinajstić information content (AvgIpc) is 3.34. The zero-order valence-corrected chi connectivity index (χ0v) is 17.8. The molecule has 2 aromatic rings. The molecule has 0 fully saturated rings. The largest absolute Gasteiger partial charge is 0.386 e. The first-order chi connectivity index (χ1) is 13.2. The highest BCUT2D eigenvalue weighted by Gasteiger charge is 2.24. The van der Waals surface area contributed by atoms with Crippen LogP contribution in [0.3, 0.4) is 0 Å². The lowest BCUT2D eigenvalue weighted by Crippen LogP contribution is -2.21. The monoisotopic (exact) mass is 421 g/mol. The molecule has 8 heteroatoms. The summed E-state index contributed by atoms with van der Waals surface area (Å²) in [5.41, 5.74) is 11.7.